The number of anilines is 2. The van der Waals surface area contributed by atoms with Gasteiger partial charge in [-0.25, -0.2) is 13.8 Å². The van der Waals surface area contributed by atoms with Gasteiger partial charge in [0.25, 0.3) is 0 Å². The molecular formula is C9H13F2N3O2. The van der Waals surface area contributed by atoms with E-state index in [0.29, 0.717) is 6.07 Å². The van der Waals surface area contributed by atoms with Crippen LogP contribution in [0.4, 0.5) is 20.4 Å². The van der Waals surface area contributed by atoms with Crippen molar-refractivity contribution in [1.82, 2.24) is 4.98 Å². The van der Waals surface area contributed by atoms with Gasteiger partial charge in [-0.15, -0.1) is 0 Å². The molecule has 1 unspecified atom stereocenters. The fraction of sp³-hybridized carbons (Fsp3) is 0.444. The normalized spacial score (nSPS) is 12.3. The third kappa shape index (κ3) is 3.01. The average molecular weight is 233 g/mol. The molecule has 4 N–H and O–H groups in total. The minimum atomic E-state index is -1.02. The van der Waals surface area contributed by atoms with Crippen LogP contribution in [0.15, 0.2) is 6.07 Å². The van der Waals surface area contributed by atoms with E-state index in [0.717, 1.165) is 0 Å². The van der Waals surface area contributed by atoms with Crippen molar-refractivity contribution < 1.29 is 19.0 Å². The lowest BCUT2D eigenvalue weighted by Gasteiger charge is -2.11. The second kappa shape index (κ2) is 5.57. The van der Waals surface area contributed by atoms with Crippen LogP contribution in [-0.4, -0.2) is 41.5 Å². The number of pyridine rings is 1. The van der Waals surface area contributed by atoms with Crippen molar-refractivity contribution in [3.63, 3.8) is 0 Å². The Balaban J connectivity index is 2.79. The molecule has 1 atom stereocenters. The third-order valence-corrected chi connectivity index (χ3v) is 1.88. The van der Waals surface area contributed by atoms with Crippen molar-refractivity contribution in [3.8, 4) is 0 Å². The summed E-state index contributed by atoms with van der Waals surface area (Å²) in [6, 6.07) is 0.687. The first kappa shape index (κ1) is 12.6. The Hall–Kier alpha value is -1.47. The molecule has 0 aromatic carbocycles. The van der Waals surface area contributed by atoms with E-state index in [1.807, 2.05) is 0 Å². The molecule has 0 spiro atoms. The van der Waals surface area contributed by atoms with Crippen LogP contribution >= 0.6 is 0 Å². The maximum absolute atomic E-state index is 13.2. The molecule has 5 nitrogen and oxygen atoms in total. The molecule has 0 bridgehead atoms. The first-order chi connectivity index (χ1) is 7.58. The van der Waals surface area contributed by atoms with Crippen LogP contribution in [0.25, 0.3) is 0 Å². The molecule has 1 aromatic rings. The molecule has 0 saturated heterocycles. The predicted octanol–water partition coefficient (Wildman–Crippen LogP) is 0.167. The van der Waals surface area contributed by atoms with Crippen molar-refractivity contribution in [1.29, 1.82) is 0 Å². The topological polar surface area (TPSA) is 77.4 Å². The van der Waals surface area contributed by atoms with Gasteiger partial charge in [0.1, 0.15) is 0 Å². The number of rotatable bonds is 5. The molecule has 0 aliphatic carbocycles. The van der Waals surface area contributed by atoms with Gasteiger partial charge in [0.05, 0.1) is 12.7 Å². The standard InChI is InChI=1S/C9H13F2N3O2/c1-12-8-6(10)2-7(11)9(14-8)13-3-5(16)4-15/h2,5,15-16H,3-4H2,1H3,(H2,12,13,14). The summed E-state index contributed by atoms with van der Waals surface area (Å²) >= 11 is 0. The molecule has 90 valence electrons. The monoisotopic (exact) mass is 233 g/mol. The zero-order chi connectivity index (χ0) is 12.1. The first-order valence-corrected chi connectivity index (χ1v) is 4.65. The van der Waals surface area contributed by atoms with E-state index in [2.05, 4.69) is 15.6 Å². The van der Waals surface area contributed by atoms with Crippen LogP contribution in [0.2, 0.25) is 0 Å². The van der Waals surface area contributed by atoms with Gasteiger partial charge in [0, 0.05) is 19.7 Å². The Morgan fingerprint density at radius 1 is 1.38 bits per heavy atom. The predicted molar refractivity (Wildman–Crippen MR) is 55.3 cm³/mol. The maximum Gasteiger partial charge on any atom is 0.168 e. The zero-order valence-electron chi connectivity index (χ0n) is 8.67. The molecule has 1 heterocycles. The number of aliphatic hydroxyl groups is 2. The van der Waals surface area contributed by atoms with Gasteiger partial charge >= 0.3 is 0 Å². The highest BCUT2D eigenvalue weighted by Crippen LogP contribution is 2.18. The molecule has 0 aliphatic heterocycles. The van der Waals surface area contributed by atoms with Crippen LogP contribution in [0.3, 0.4) is 0 Å². The Bertz CT molecular complexity index is 363. The summed E-state index contributed by atoms with van der Waals surface area (Å²) in [5.41, 5.74) is 0. The molecule has 0 radical (unpaired) electrons. The molecule has 0 fully saturated rings. The quantitative estimate of drug-likeness (QED) is 0.583. The van der Waals surface area contributed by atoms with E-state index in [-0.39, 0.29) is 18.2 Å². The smallest absolute Gasteiger partial charge is 0.168 e. The Labute approximate surface area is 91.1 Å². The molecule has 0 amide bonds. The van der Waals surface area contributed by atoms with Gasteiger partial charge in [0.2, 0.25) is 0 Å². The van der Waals surface area contributed by atoms with Gasteiger partial charge in [0.15, 0.2) is 23.3 Å². The third-order valence-electron chi connectivity index (χ3n) is 1.88. The van der Waals surface area contributed by atoms with Crippen LogP contribution in [-0.2, 0) is 0 Å². The second-order valence-electron chi connectivity index (χ2n) is 3.12. The van der Waals surface area contributed by atoms with Crippen LogP contribution in [0.5, 0.6) is 0 Å². The van der Waals surface area contributed by atoms with Crippen molar-refractivity contribution in [2.75, 3.05) is 30.8 Å². The molecule has 0 aliphatic rings. The summed E-state index contributed by atoms with van der Waals surface area (Å²) in [6.07, 6.45) is -1.02. The summed E-state index contributed by atoms with van der Waals surface area (Å²) in [7, 11) is 1.45. The van der Waals surface area contributed by atoms with Gasteiger partial charge < -0.3 is 20.8 Å². The van der Waals surface area contributed by atoms with E-state index in [1.165, 1.54) is 7.05 Å². The fourth-order valence-electron chi connectivity index (χ4n) is 1.04. The minimum Gasteiger partial charge on any atom is -0.394 e. The highest BCUT2D eigenvalue weighted by atomic mass is 19.1. The van der Waals surface area contributed by atoms with Gasteiger partial charge in [-0.1, -0.05) is 0 Å². The van der Waals surface area contributed by atoms with Crippen molar-refractivity contribution in [2.24, 2.45) is 0 Å². The van der Waals surface area contributed by atoms with Crippen LogP contribution in [0.1, 0.15) is 0 Å². The summed E-state index contributed by atoms with van der Waals surface area (Å²) in [5.74, 6) is -1.93. The number of hydrogen-bond donors (Lipinski definition) is 4. The lowest BCUT2D eigenvalue weighted by Crippen LogP contribution is -2.24. The summed E-state index contributed by atoms with van der Waals surface area (Å²) < 4.78 is 26.2. The number of halogens is 2. The maximum atomic E-state index is 13.2. The molecule has 1 rings (SSSR count). The van der Waals surface area contributed by atoms with Crippen molar-refractivity contribution >= 4 is 11.6 Å². The van der Waals surface area contributed by atoms with Crippen LogP contribution in [0, 0.1) is 11.6 Å². The molecule has 16 heavy (non-hydrogen) atoms. The highest BCUT2D eigenvalue weighted by Gasteiger charge is 2.11. The van der Waals surface area contributed by atoms with E-state index >= 15 is 0 Å². The number of hydrogen-bond acceptors (Lipinski definition) is 5. The molecule has 0 saturated carbocycles. The van der Waals surface area contributed by atoms with Crippen LogP contribution < -0.4 is 10.6 Å². The van der Waals surface area contributed by atoms with Crippen molar-refractivity contribution in [3.05, 3.63) is 17.7 Å². The lowest BCUT2D eigenvalue weighted by molar-refractivity contribution is 0.105. The number of aromatic nitrogens is 1. The second-order valence-corrected chi connectivity index (χ2v) is 3.12. The zero-order valence-corrected chi connectivity index (χ0v) is 8.67. The minimum absolute atomic E-state index is 0.0742. The Morgan fingerprint density at radius 3 is 2.56 bits per heavy atom. The molecule has 7 heteroatoms. The molecular weight excluding hydrogens is 220 g/mol. The largest absolute Gasteiger partial charge is 0.394 e. The summed E-state index contributed by atoms with van der Waals surface area (Å²) in [5, 5.41) is 22.5. The number of aliphatic hydroxyl groups excluding tert-OH is 2. The van der Waals surface area contributed by atoms with E-state index in [4.69, 9.17) is 10.2 Å². The van der Waals surface area contributed by atoms with E-state index in [9.17, 15) is 8.78 Å². The summed E-state index contributed by atoms with van der Waals surface area (Å²) in [6.45, 7) is -0.524. The SMILES string of the molecule is CNc1nc(NCC(O)CO)c(F)cc1F. The summed E-state index contributed by atoms with van der Waals surface area (Å²) in [4.78, 5) is 3.63. The van der Waals surface area contributed by atoms with Gasteiger partial charge in [-0.05, 0) is 0 Å². The molecule has 1 aromatic heterocycles. The Kier molecular flexibility index (Phi) is 4.39. The Morgan fingerprint density at radius 2 is 2.00 bits per heavy atom. The first-order valence-electron chi connectivity index (χ1n) is 4.65. The number of nitrogens with zero attached hydrogens (tertiary/aromatic N) is 1. The lowest BCUT2D eigenvalue weighted by atomic mass is 10.3. The van der Waals surface area contributed by atoms with E-state index < -0.39 is 24.3 Å². The van der Waals surface area contributed by atoms with Gasteiger partial charge in [-0.3, -0.25) is 0 Å². The van der Waals surface area contributed by atoms with Gasteiger partial charge in [-0.2, -0.15) is 0 Å². The fourth-order valence-corrected chi connectivity index (χ4v) is 1.04. The highest BCUT2D eigenvalue weighted by molar-refractivity contribution is 5.47. The number of nitrogens with one attached hydrogen (secondary N) is 2. The van der Waals surface area contributed by atoms with E-state index in [1.54, 1.807) is 0 Å². The van der Waals surface area contributed by atoms with Crippen molar-refractivity contribution in [2.45, 2.75) is 6.10 Å². The average Bonchev–Trinajstić information content (AvgIpc) is 2.27.